The van der Waals surface area contributed by atoms with Crippen LogP contribution in [0, 0.1) is 0 Å². The zero-order chi connectivity index (χ0) is 18.5. The third-order valence-corrected chi connectivity index (χ3v) is 2.90. The molecule has 0 fully saturated rings. The van der Waals surface area contributed by atoms with Crippen LogP contribution < -0.4 is 34.9 Å². The van der Waals surface area contributed by atoms with E-state index < -0.39 is 34.1 Å². The van der Waals surface area contributed by atoms with Crippen molar-refractivity contribution in [1.82, 2.24) is 5.32 Å². The Balaban J connectivity index is 0.00000576. The normalized spacial score (nSPS) is 12.5. The summed E-state index contributed by atoms with van der Waals surface area (Å²) < 4.78 is 40.5. The summed E-state index contributed by atoms with van der Waals surface area (Å²) >= 11 is 0. The quantitative estimate of drug-likeness (QED) is 0.332. The molecule has 0 aliphatic carbocycles. The van der Waals surface area contributed by atoms with Gasteiger partial charge in [-0.3, -0.25) is 0 Å². The third-order valence-electron chi connectivity index (χ3n) is 2.54. The molecule has 0 saturated carbocycles. The fourth-order valence-electron chi connectivity index (χ4n) is 1.67. The molecule has 25 heavy (non-hydrogen) atoms. The third kappa shape index (κ3) is 10.3. The average molecular weight is 383 g/mol. The number of hydrogen-bond acceptors (Lipinski definition) is 8. The largest absolute Gasteiger partial charge is 1.00 e. The molecule has 0 aromatic heterocycles. The van der Waals surface area contributed by atoms with E-state index in [1.165, 1.54) is 24.3 Å². The molecule has 0 unspecified atom stereocenters. The predicted octanol–water partition coefficient (Wildman–Crippen LogP) is -2.16. The van der Waals surface area contributed by atoms with Crippen molar-refractivity contribution in [1.29, 1.82) is 0 Å². The first-order valence-corrected chi connectivity index (χ1v) is 8.15. The van der Waals surface area contributed by atoms with Crippen LogP contribution in [0.3, 0.4) is 0 Å². The Hall–Kier alpha value is -1.33. The van der Waals surface area contributed by atoms with Crippen molar-refractivity contribution in [2.24, 2.45) is 0 Å². The van der Waals surface area contributed by atoms with Crippen LogP contribution >= 0.6 is 0 Å². The van der Waals surface area contributed by atoms with E-state index in [0.29, 0.717) is 5.56 Å². The molecule has 134 valence electrons. The molecule has 0 spiro atoms. The number of aromatic hydroxyl groups is 1. The van der Waals surface area contributed by atoms with E-state index in [2.05, 4.69) is 9.50 Å². The van der Waals surface area contributed by atoms with Crippen LogP contribution in [0.1, 0.15) is 26.3 Å². The topological polar surface area (TPSA) is 142 Å². The van der Waals surface area contributed by atoms with Gasteiger partial charge in [-0.15, -0.1) is 0 Å². The average Bonchev–Trinajstić information content (AvgIpc) is 2.36. The molecular formula is C14H18NNaO8S. The van der Waals surface area contributed by atoms with Gasteiger partial charge >= 0.3 is 41.6 Å². The summed E-state index contributed by atoms with van der Waals surface area (Å²) in [4.78, 5) is 23.6. The maximum atomic E-state index is 11.8. The Kier molecular flexibility index (Phi) is 8.89. The number of nitrogens with one attached hydrogen (secondary N) is 1. The molecule has 0 bridgehead atoms. The smallest absolute Gasteiger partial charge is 0.716 e. The molecule has 0 aliphatic rings. The SMILES string of the molecule is CC(C)(C)OC(=O)N[C@@H](Cc1ccc(O)cc1)C(=O)OS(=O)(=O)[O-].[Na+]. The molecule has 1 atom stereocenters. The van der Waals surface area contributed by atoms with Gasteiger partial charge in [0.2, 0.25) is 0 Å². The fraction of sp³-hybridized carbons (Fsp3) is 0.429. The predicted molar refractivity (Wildman–Crippen MR) is 80.8 cm³/mol. The van der Waals surface area contributed by atoms with Gasteiger partial charge in [0.1, 0.15) is 17.4 Å². The Bertz CT molecular complexity index is 697. The van der Waals surface area contributed by atoms with Crippen molar-refractivity contribution < 1.29 is 66.1 Å². The molecule has 11 heteroatoms. The van der Waals surface area contributed by atoms with Gasteiger partial charge in [0, 0.05) is 6.42 Å². The second-order valence-electron chi connectivity index (χ2n) is 5.88. The summed E-state index contributed by atoms with van der Waals surface area (Å²) in [6.45, 7) is 4.80. The first kappa shape index (κ1) is 23.7. The molecule has 1 rings (SSSR count). The van der Waals surface area contributed by atoms with Crippen molar-refractivity contribution in [3.8, 4) is 5.75 Å². The zero-order valence-electron chi connectivity index (χ0n) is 14.3. The van der Waals surface area contributed by atoms with Crippen molar-refractivity contribution in [2.45, 2.75) is 38.8 Å². The molecule has 0 aliphatic heterocycles. The number of benzene rings is 1. The summed E-state index contributed by atoms with van der Waals surface area (Å²) in [6, 6.07) is 4.13. The maximum Gasteiger partial charge on any atom is 1.00 e. The van der Waals surface area contributed by atoms with Crippen LogP contribution in [-0.2, 0) is 30.5 Å². The second kappa shape index (κ2) is 9.39. The Morgan fingerprint density at radius 2 is 1.76 bits per heavy atom. The van der Waals surface area contributed by atoms with Crippen molar-refractivity contribution in [2.75, 3.05) is 0 Å². The number of alkyl carbamates (subject to hydrolysis) is 1. The Morgan fingerprint density at radius 3 is 2.20 bits per heavy atom. The summed E-state index contributed by atoms with van der Waals surface area (Å²) in [7, 11) is -5.27. The van der Waals surface area contributed by atoms with E-state index in [4.69, 9.17) is 4.74 Å². The molecule has 9 nitrogen and oxygen atoms in total. The van der Waals surface area contributed by atoms with Gasteiger partial charge in [-0.05, 0) is 38.5 Å². The molecular weight excluding hydrogens is 365 g/mol. The van der Waals surface area contributed by atoms with Gasteiger partial charge in [-0.25, -0.2) is 18.0 Å². The number of amides is 1. The van der Waals surface area contributed by atoms with E-state index in [1.54, 1.807) is 20.8 Å². The number of ether oxygens (including phenoxy) is 1. The second-order valence-corrected chi connectivity index (χ2v) is 6.86. The number of hydrogen-bond donors (Lipinski definition) is 2. The number of rotatable bonds is 5. The number of carbonyl (C=O) groups excluding carboxylic acids is 2. The van der Waals surface area contributed by atoms with Crippen LogP contribution in [0.4, 0.5) is 4.79 Å². The van der Waals surface area contributed by atoms with Crippen molar-refractivity contribution in [3.63, 3.8) is 0 Å². The van der Waals surface area contributed by atoms with Crippen LogP contribution in [0.15, 0.2) is 24.3 Å². The van der Waals surface area contributed by atoms with Gasteiger partial charge in [0.05, 0.1) is 0 Å². The van der Waals surface area contributed by atoms with E-state index in [9.17, 15) is 27.7 Å². The summed E-state index contributed by atoms with van der Waals surface area (Å²) in [5.74, 6) is -1.45. The minimum Gasteiger partial charge on any atom is -0.716 e. The first-order chi connectivity index (χ1) is 10.9. The molecule has 0 heterocycles. The maximum absolute atomic E-state index is 11.8. The van der Waals surface area contributed by atoms with Gasteiger partial charge < -0.3 is 23.9 Å². The van der Waals surface area contributed by atoms with Gasteiger partial charge in [-0.2, -0.15) is 0 Å². The van der Waals surface area contributed by atoms with Crippen LogP contribution in [0.25, 0.3) is 0 Å². The van der Waals surface area contributed by atoms with E-state index >= 15 is 0 Å². The minimum absolute atomic E-state index is 0. The first-order valence-electron chi connectivity index (χ1n) is 6.82. The van der Waals surface area contributed by atoms with Crippen LogP contribution in [-0.4, -0.2) is 41.8 Å². The standard InChI is InChI=1S/C14H19NO8S.Na/c1-14(2,3)22-13(18)15-11(12(17)23-24(19,20)21)8-9-4-6-10(16)7-5-9;/h4-7,11,16H,8H2,1-3H3,(H,15,18)(H,19,20,21);/q;+1/p-1/t11-;/m0./s1. The Morgan fingerprint density at radius 1 is 1.24 bits per heavy atom. The zero-order valence-corrected chi connectivity index (χ0v) is 17.1. The van der Waals surface area contributed by atoms with Crippen molar-refractivity contribution >= 4 is 22.5 Å². The van der Waals surface area contributed by atoms with E-state index in [1.807, 2.05) is 0 Å². The molecule has 1 aromatic carbocycles. The number of phenolic OH excluding ortho intramolecular Hbond substituents is 1. The summed E-state index contributed by atoms with van der Waals surface area (Å²) in [5.41, 5.74) is -0.365. The molecule has 1 amide bonds. The monoisotopic (exact) mass is 383 g/mol. The van der Waals surface area contributed by atoms with Crippen LogP contribution in [0.5, 0.6) is 5.75 Å². The van der Waals surface area contributed by atoms with E-state index in [-0.39, 0.29) is 41.7 Å². The number of phenols is 1. The summed E-state index contributed by atoms with van der Waals surface area (Å²) in [6.07, 6.45) is -1.15. The van der Waals surface area contributed by atoms with Gasteiger partial charge in [-0.1, -0.05) is 12.1 Å². The number of carbonyl (C=O) groups is 2. The molecule has 0 radical (unpaired) electrons. The molecule has 1 aromatic rings. The minimum atomic E-state index is -5.27. The van der Waals surface area contributed by atoms with Crippen molar-refractivity contribution in [3.05, 3.63) is 29.8 Å². The van der Waals surface area contributed by atoms with E-state index in [0.717, 1.165) is 0 Å². The Labute approximate surface area is 167 Å². The summed E-state index contributed by atoms with van der Waals surface area (Å²) in [5, 5.41) is 11.4. The molecule has 0 saturated heterocycles. The van der Waals surface area contributed by atoms with Gasteiger partial charge in [0.25, 0.3) is 10.4 Å². The van der Waals surface area contributed by atoms with Gasteiger partial charge in [0.15, 0.2) is 0 Å². The molecule has 2 N–H and O–H groups in total. The van der Waals surface area contributed by atoms with Crippen LogP contribution in [0.2, 0.25) is 0 Å². The fourth-order valence-corrected chi connectivity index (χ4v) is 1.99.